The highest BCUT2D eigenvalue weighted by molar-refractivity contribution is 6.56. The van der Waals surface area contributed by atoms with Gasteiger partial charge in [0.05, 0.1) is 21.7 Å². The van der Waals surface area contributed by atoms with Crippen molar-refractivity contribution in [2.24, 2.45) is 0 Å². The van der Waals surface area contributed by atoms with E-state index in [4.69, 9.17) is 25.6 Å². The molecule has 41 heavy (non-hydrogen) atoms. The average Bonchev–Trinajstić information content (AvgIpc) is 3.38. The van der Waals surface area contributed by atoms with Gasteiger partial charge in [-0.2, -0.15) is 0 Å². The van der Waals surface area contributed by atoms with Crippen LogP contribution in [0.2, 0.25) is 5.02 Å². The highest BCUT2D eigenvalue weighted by Crippen LogP contribution is 2.44. The Morgan fingerprint density at radius 1 is 0.976 bits per heavy atom. The van der Waals surface area contributed by atoms with E-state index < -0.39 is 24.4 Å². The lowest BCUT2D eigenvalue weighted by atomic mass is 9.77. The Kier molecular flexibility index (Phi) is 7.14. The van der Waals surface area contributed by atoms with Crippen LogP contribution in [0, 0.1) is 0 Å². The molecule has 8 heteroatoms. The van der Waals surface area contributed by atoms with E-state index in [9.17, 15) is 4.79 Å². The third kappa shape index (κ3) is 5.26. The molecule has 3 aromatic carbocycles. The lowest BCUT2D eigenvalue weighted by Crippen LogP contribution is -2.41. The zero-order valence-electron chi connectivity index (χ0n) is 23.6. The number of nitrogens with one attached hydrogen (secondary N) is 1. The molecule has 0 saturated carbocycles. The van der Waals surface area contributed by atoms with E-state index in [2.05, 4.69) is 34.6 Å². The first-order valence-corrected chi connectivity index (χ1v) is 14.2. The molecule has 2 heterocycles. The largest absolute Gasteiger partial charge is 0.492 e. The predicted octanol–water partition coefficient (Wildman–Crippen LogP) is 7.44. The quantitative estimate of drug-likeness (QED) is 0.246. The number of carbonyl (C=O) groups excluding carboxylic acids is 1. The summed E-state index contributed by atoms with van der Waals surface area (Å²) in [5.74, 6) is -0.0109. The maximum absolute atomic E-state index is 13.0. The molecule has 4 aromatic rings. The summed E-state index contributed by atoms with van der Waals surface area (Å²) < 4.78 is 18.4. The first kappa shape index (κ1) is 27.5. The van der Waals surface area contributed by atoms with Crippen LogP contribution in [-0.4, -0.2) is 42.5 Å². The number of halogens is 1. The number of fused-ring (bicyclic) bond motifs is 4. The molecular formula is C33H32BClN2O4. The molecule has 1 fully saturated rings. The van der Waals surface area contributed by atoms with E-state index in [1.807, 2.05) is 76.2 Å². The van der Waals surface area contributed by atoms with Gasteiger partial charge in [0.25, 0.3) is 0 Å². The molecule has 1 aromatic heterocycles. The van der Waals surface area contributed by atoms with Crippen molar-refractivity contribution in [1.82, 2.24) is 10.3 Å². The molecular weight excluding hydrogens is 535 g/mol. The van der Waals surface area contributed by atoms with E-state index >= 15 is 0 Å². The molecule has 0 bridgehead atoms. The summed E-state index contributed by atoms with van der Waals surface area (Å²) in [7, 11) is -0.642. The van der Waals surface area contributed by atoms with Gasteiger partial charge in [0.1, 0.15) is 6.61 Å². The molecule has 0 radical (unpaired) electrons. The third-order valence-electron chi connectivity index (χ3n) is 8.40. The Morgan fingerprint density at radius 2 is 1.61 bits per heavy atom. The van der Waals surface area contributed by atoms with Crippen LogP contribution in [0.4, 0.5) is 4.79 Å². The van der Waals surface area contributed by atoms with Crippen molar-refractivity contribution in [2.45, 2.75) is 44.8 Å². The minimum absolute atomic E-state index is 0.0109. The SMILES string of the molecule is CC1(C)OB(C(=Cc2ccc3c(Cl)ccnc3c2)CNC(=O)OCC2c3ccccc3-c3ccccc32)OC1(C)C. The lowest BCUT2D eigenvalue weighted by molar-refractivity contribution is 0.00578. The zero-order chi connectivity index (χ0) is 28.8. The lowest BCUT2D eigenvalue weighted by Gasteiger charge is -2.32. The van der Waals surface area contributed by atoms with Crippen molar-refractivity contribution in [3.8, 4) is 11.1 Å². The van der Waals surface area contributed by atoms with Crippen molar-refractivity contribution >= 4 is 41.8 Å². The zero-order valence-corrected chi connectivity index (χ0v) is 24.4. The minimum Gasteiger partial charge on any atom is -0.449 e. The summed E-state index contributed by atoms with van der Waals surface area (Å²) in [5.41, 5.74) is 6.10. The van der Waals surface area contributed by atoms with E-state index in [1.165, 1.54) is 22.3 Å². The van der Waals surface area contributed by atoms with Crippen LogP contribution < -0.4 is 5.32 Å². The molecule has 1 aliphatic heterocycles. The summed E-state index contributed by atoms with van der Waals surface area (Å²) in [6.07, 6.45) is 3.15. The van der Waals surface area contributed by atoms with E-state index in [0.717, 1.165) is 21.9 Å². The standard InChI is InChI=1S/C33H32BClN2O4/c1-32(2)33(3,4)41-34(40-32)22(17-21-13-14-27-29(35)15-16-36-30(27)18-21)19-37-31(38)39-20-28-25-11-7-5-9-23(25)24-10-6-8-12-26(24)28/h5-18,28H,19-20H2,1-4H3,(H,37,38). The maximum Gasteiger partial charge on any atom is 0.492 e. The van der Waals surface area contributed by atoms with Crippen molar-refractivity contribution in [3.05, 3.63) is 106 Å². The number of hydrogen-bond donors (Lipinski definition) is 1. The van der Waals surface area contributed by atoms with Gasteiger partial charge in [-0.1, -0.05) is 78.3 Å². The number of pyridine rings is 1. The number of benzene rings is 3. The number of amides is 1. The molecule has 208 valence electrons. The molecule has 6 rings (SSSR count). The first-order valence-electron chi connectivity index (χ1n) is 13.8. The van der Waals surface area contributed by atoms with Crippen LogP contribution in [0.5, 0.6) is 0 Å². The Labute approximate surface area is 245 Å². The Hall–Kier alpha value is -3.65. The van der Waals surface area contributed by atoms with Gasteiger partial charge in [-0.3, -0.25) is 4.98 Å². The fourth-order valence-corrected chi connectivity index (χ4v) is 5.67. The normalized spacial score (nSPS) is 17.4. The third-order valence-corrected chi connectivity index (χ3v) is 8.73. The van der Waals surface area contributed by atoms with Gasteiger partial charge >= 0.3 is 13.2 Å². The molecule has 0 unspecified atom stereocenters. The number of carbonyl (C=O) groups is 1. The Morgan fingerprint density at radius 3 is 2.27 bits per heavy atom. The number of aromatic nitrogens is 1. The predicted molar refractivity (Wildman–Crippen MR) is 164 cm³/mol. The number of nitrogens with zero attached hydrogens (tertiary/aromatic N) is 1. The first-order chi connectivity index (χ1) is 19.6. The summed E-state index contributed by atoms with van der Waals surface area (Å²) >= 11 is 6.34. The highest BCUT2D eigenvalue weighted by Gasteiger charge is 2.52. The smallest absolute Gasteiger partial charge is 0.449 e. The number of alkyl carbamates (subject to hydrolysis) is 1. The van der Waals surface area contributed by atoms with Crippen LogP contribution >= 0.6 is 11.6 Å². The van der Waals surface area contributed by atoms with Gasteiger partial charge in [-0.15, -0.1) is 0 Å². The number of ether oxygens (including phenoxy) is 1. The van der Waals surface area contributed by atoms with Crippen molar-refractivity contribution in [2.75, 3.05) is 13.2 Å². The molecule has 0 spiro atoms. The van der Waals surface area contributed by atoms with Crippen LogP contribution in [0.1, 0.15) is 50.3 Å². The van der Waals surface area contributed by atoms with Crippen LogP contribution in [0.25, 0.3) is 28.1 Å². The van der Waals surface area contributed by atoms with Gasteiger partial charge in [0.15, 0.2) is 0 Å². The molecule has 1 saturated heterocycles. The summed E-state index contributed by atoms with van der Waals surface area (Å²) in [6.45, 7) is 8.45. The number of hydrogen-bond acceptors (Lipinski definition) is 5. The molecule has 1 amide bonds. The number of rotatable bonds is 6. The second-order valence-electron chi connectivity index (χ2n) is 11.6. The van der Waals surface area contributed by atoms with Gasteiger partial charge < -0.3 is 19.4 Å². The average molecular weight is 567 g/mol. The second-order valence-corrected chi connectivity index (χ2v) is 12.0. The molecule has 2 aliphatic rings. The molecule has 1 aliphatic carbocycles. The van der Waals surface area contributed by atoms with Gasteiger partial charge in [0, 0.05) is 24.0 Å². The van der Waals surface area contributed by atoms with Crippen molar-refractivity contribution in [1.29, 1.82) is 0 Å². The fraction of sp³-hybridized carbons (Fsp3) is 0.273. The second kappa shape index (κ2) is 10.6. The van der Waals surface area contributed by atoms with E-state index in [1.54, 1.807) is 12.3 Å². The van der Waals surface area contributed by atoms with Crippen LogP contribution in [-0.2, 0) is 14.0 Å². The van der Waals surface area contributed by atoms with Gasteiger partial charge in [0.2, 0.25) is 0 Å². The Bertz CT molecular complexity index is 1610. The fourth-order valence-electron chi connectivity index (χ4n) is 5.45. The topological polar surface area (TPSA) is 69.7 Å². The van der Waals surface area contributed by atoms with E-state index in [0.29, 0.717) is 5.02 Å². The molecule has 6 nitrogen and oxygen atoms in total. The summed E-state index contributed by atoms with van der Waals surface area (Å²) in [6, 6.07) is 24.2. The minimum atomic E-state index is -0.642. The van der Waals surface area contributed by atoms with Crippen LogP contribution in [0.3, 0.4) is 0 Å². The maximum atomic E-state index is 13.0. The van der Waals surface area contributed by atoms with Crippen molar-refractivity contribution in [3.63, 3.8) is 0 Å². The van der Waals surface area contributed by atoms with Crippen LogP contribution in [0.15, 0.2) is 84.5 Å². The summed E-state index contributed by atoms with van der Waals surface area (Å²) in [5, 5.41) is 4.45. The van der Waals surface area contributed by atoms with E-state index in [-0.39, 0.29) is 19.1 Å². The highest BCUT2D eigenvalue weighted by atomic mass is 35.5. The molecule has 1 N–H and O–H groups in total. The van der Waals surface area contributed by atoms with Gasteiger partial charge in [-0.05, 0) is 73.1 Å². The molecule has 0 atom stereocenters. The summed E-state index contributed by atoms with van der Waals surface area (Å²) in [4.78, 5) is 17.5. The monoisotopic (exact) mass is 566 g/mol. The van der Waals surface area contributed by atoms with Gasteiger partial charge in [-0.25, -0.2) is 4.79 Å². The Balaban J connectivity index is 1.20. The van der Waals surface area contributed by atoms with Crippen molar-refractivity contribution < 1.29 is 18.8 Å².